The Morgan fingerprint density at radius 2 is 1.93 bits per heavy atom. The Bertz CT molecular complexity index is 1130. The number of aryl methyl sites for hydroxylation is 2. The van der Waals surface area contributed by atoms with Gasteiger partial charge in [0.25, 0.3) is 0 Å². The zero-order valence-electron chi connectivity index (χ0n) is 14.8. The zero-order chi connectivity index (χ0) is 19.0. The fraction of sp³-hybridized carbons (Fsp3) is 0.158. The van der Waals surface area contributed by atoms with Crippen molar-refractivity contribution >= 4 is 22.8 Å². The van der Waals surface area contributed by atoms with Gasteiger partial charge in [0.05, 0.1) is 5.69 Å². The van der Waals surface area contributed by atoms with E-state index < -0.39 is 0 Å². The molecule has 0 radical (unpaired) electrons. The number of nitrogens with one attached hydrogen (secondary N) is 1. The summed E-state index contributed by atoms with van der Waals surface area (Å²) >= 11 is 0. The van der Waals surface area contributed by atoms with Crippen molar-refractivity contribution in [2.75, 3.05) is 5.32 Å². The molecule has 0 unspecified atom stereocenters. The van der Waals surface area contributed by atoms with E-state index in [2.05, 4.69) is 20.5 Å². The molecule has 1 amide bonds. The second-order valence-electron chi connectivity index (χ2n) is 6.23. The average Bonchev–Trinajstić information content (AvgIpc) is 3.19. The summed E-state index contributed by atoms with van der Waals surface area (Å²) in [5.41, 5.74) is 3.12. The van der Waals surface area contributed by atoms with Gasteiger partial charge >= 0.3 is 0 Å². The lowest BCUT2D eigenvalue weighted by Gasteiger charge is -2.06. The number of hydrogen-bond acceptors (Lipinski definition) is 4. The third-order valence-corrected chi connectivity index (χ3v) is 4.24. The summed E-state index contributed by atoms with van der Waals surface area (Å²) in [5.74, 6) is -0.0506. The van der Waals surface area contributed by atoms with Crippen molar-refractivity contribution < 1.29 is 9.18 Å². The van der Waals surface area contributed by atoms with E-state index in [0.29, 0.717) is 11.5 Å². The standard InChI is InChI=1S/C19H17FN6O/c1-12-18-15(13-3-5-14(20)6-4-13)7-9-21-19(18)26(23-12)11-17(27)22-16-8-10-25(2)24-16/h3-10H,11H2,1-2H3,(H,22,24,27). The monoisotopic (exact) mass is 364 g/mol. The van der Waals surface area contributed by atoms with Crippen LogP contribution in [0.2, 0.25) is 0 Å². The summed E-state index contributed by atoms with van der Waals surface area (Å²) in [6.45, 7) is 1.88. The maximum atomic E-state index is 13.2. The van der Waals surface area contributed by atoms with Gasteiger partial charge in [0, 0.05) is 30.9 Å². The molecule has 0 saturated heterocycles. The Morgan fingerprint density at radius 1 is 1.15 bits per heavy atom. The highest BCUT2D eigenvalue weighted by Gasteiger charge is 2.16. The van der Waals surface area contributed by atoms with Crippen LogP contribution in [0.25, 0.3) is 22.2 Å². The molecule has 136 valence electrons. The lowest BCUT2D eigenvalue weighted by molar-refractivity contribution is -0.116. The third kappa shape index (κ3) is 3.29. The number of nitrogens with zero attached hydrogens (tertiary/aromatic N) is 5. The van der Waals surface area contributed by atoms with Gasteiger partial charge in [-0.15, -0.1) is 0 Å². The quantitative estimate of drug-likeness (QED) is 0.604. The van der Waals surface area contributed by atoms with E-state index in [1.165, 1.54) is 12.1 Å². The molecule has 0 bridgehead atoms. The summed E-state index contributed by atoms with van der Waals surface area (Å²) in [5, 5.41) is 12.2. The van der Waals surface area contributed by atoms with E-state index in [-0.39, 0.29) is 18.3 Å². The molecule has 4 rings (SSSR count). The van der Waals surface area contributed by atoms with Crippen molar-refractivity contribution in [3.8, 4) is 11.1 Å². The second kappa shape index (κ2) is 6.64. The SMILES string of the molecule is Cc1nn(CC(=O)Nc2ccn(C)n2)c2nccc(-c3ccc(F)cc3)c12. The normalized spacial score (nSPS) is 11.1. The first-order valence-corrected chi connectivity index (χ1v) is 8.39. The van der Waals surface area contributed by atoms with Crippen molar-refractivity contribution in [1.82, 2.24) is 24.5 Å². The van der Waals surface area contributed by atoms with Gasteiger partial charge in [0.15, 0.2) is 11.5 Å². The van der Waals surface area contributed by atoms with Gasteiger partial charge in [-0.05, 0) is 36.2 Å². The largest absolute Gasteiger partial charge is 0.308 e. The first-order chi connectivity index (χ1) is 13.0. The van der Waals surface area contributed by atoms with E-state index in [1.54, 1.807) is 47.0 Å². The molecule has 0 atom stereocenters. The number of carbonyl (C=O) groups is 1. The van der Waals surface area contributed by atoms with Crippen molar-refractivity contribution in [2.24, 2.45) is 7.05 Å². The molecular formula is C19H17FN6O. The van der Waals surface area contributed by atoms with Gasteiger partial charge in [-0.1, -0.05) is 12.1 Å². The predicted octanol–water partition coefficient (Wildman–Crippen LogP) is 2.92. The number of carbonyl (C=O) groups excluding carboxylic acids is 1. The number of pyridine rings is 1. The molecular weight excluding hydrogens is 347 g/mol. The Labute approximate surface area is 154 Å². The fourth-order valence-electron chi connectivity index (χ4n) is 3.06. The molecule has 8 heteroatoms. The number of halogens is 1. The van der Waals surface area contributed by atoms with Crippen molar-refractivity contribution in [2.45, 2.75) is 13.5 Å². The topological polar surface area (TPSA) is 77.6 Å². The maximum Gasteiger partial charge on any atom is 0.247 e. The highest BCUT2D eigenvalue weighted by molar-refractivity contribution is 5.96. The molecule has 0 spiro atoms. The van der Waals surface area contributed by atoms with E-state index >= 15 is 0 Å². The van der Waals surface area contributed by atoms with Crippen molar-refractivity contribution in [3.05, 3.63) is 60.3 Å². The van der Waals surface area contributed by atoms with E-state index in [9.17, 15) is 9.18 Å². The molecule has 3 aromatic heterocycles. The third-order valence-electron chi connectivity index (χ3n) is 4.24. The van der Waals surface area contributed by atoms with Gasteiger partial charge in [-0.3, -0.25) is 9.48 Å². The van der Waals surface area contributed by atoms with Gasteiger partial charge in [0.1, 0.15) is 12.4 Å². The lowest BCUT2D eigenvalue weighted by atomic mass is 10.0. The highest BCUT2D eigenvalue weighted by Crippen LogP contribution is 2.29. The van der Waals surface area contributed by atoms with E-state index in [1.807, 2.05) is 13.0 Å². The van der Waals surface area contributed by atoms with Gasteiger partial charge in [-0.2, -0.15) is 10.2 Å². The van der Waals surface area contributed by atoms with Crippen LogP contribution in [-0.4, -0.2) is 30.5 Å². The Balaban J connectivity index is 1.67. The summed E-state index contributed by atoms with van der Waals surface area (Å²) in [6, 6.07) is 9.85. The van der Waals surface area contributed by atoms with E-state index in [4.69, 9.17) is 0 Å². The zero-order valence-corrected chi connectivity index (χ0v) is 14.8. The van der Waals surface area contributed by atoms with Crippen LogP contribution in [0.15, 0.2) is 48.8 Å². The molecule has 0 saturated carbocycles. The van der Waals surface area contributed by atoms with Crippen LogP contribution < -0.4 is 5.32 Å². The van der Waals surface area contributed by atoms with Crippen LogP contribution in [0.1, 0.15) is 5.69 Å². The summed E-state index contributed by atoms with van der Waals surface area (Å²) in [7, 11) is 1.78. The minimum atomic E-state index is -0.289. The van der Waals surface area contributed by atoms with Gasteiger partial charge in [0.2, 0.25) is 5.91 Å². The van der Waals surface area contributed by atoms with Crippen LogP contribution >= 0.6 is 0 Å². The van der Waals surface area contributed by atoms with Crippen LogP contribution in [0, 0.1) is 12.7 Å². The summed E-state index contributed by atoms with van der Waals surface area (Å²) in [6.07, 6.45) is 3.41. The molecule has 27 heavy (non-hydrogen) atoms. The smallest absolute Gasteiger partial charge is 0.247 e. The fourth-order valence-corrected chi connectivity index (χ4v) is 3.06. The molecule has 0 aliphatic carbocycles. The molecule has 7 nitrogen and oxygen atoms in total. The number of aromatic nitrogens is 5. The number of hydrogen-bond donors (Lipinski definition) is 1. The number of amides is 1. The highest BCUT2D eigenvalue weighted by atomic mass is 19.1. The maximum absolute atomic E-state index is 13.2. The first kappa shape index (κ1) is 16.9. The molecule has 0 fully saturated rings. The molecule has 3 heterocycles. The van der Waals surface area contributed by atoms with E-state index in [0.717, 1.165) is 22.2 Å². The van der Waals surface area contributed by atoms with Crippen LogP contribution in [-0.2, 0) is 18.4 Å². The Hall–Kier alpha value is -3.55. The Kier molecular flexibility index (Phi) is 4.15. The number of fused-ring (bicyclic) bond motifs is 1. The lowest BCUT2D eigenvalue weighted by Crippen LogP contribution is -2.20. The minimum Gasteiger partial charge on any atom is -0.308 e. The van der Waals surface area contributed by atoms with Crippen molar-refractivity contribution in [1.29, 1.82) is 0 Å². The number of anilines is 1. The van der Waals surface area contributed by atoms with Gasteiger partial charge in [-0.25, -0.2) is 14.1 Å². The summed E-state index contributed by atoms with van der Waals surface area (Å²) < 4.78 is 16.4. The molecule has 0 aliphatic rings. The molecule has 0 aliphatic heterocycles. The van der Waals surface area contributed by atoms with Crippen LogP contribution in [0.3, 0.4) is 0 Å². The van der Waals surface area contributed by atoms with Crippen LogP contribution in [0.4, 0.5) is 10.2 Å². The average molecular weight is 364 g/mol. The second-order valence-corrected chi connectivity index (χ2v) is 6.23. The number of benzene rings is 1. The van der Waals surface area contributed by atoms with Crippen LogP contribution in [0.5, 0.6) is 0 Å². The molecule has 1 aromatic carbocycles. The first-order valence-electron chi connectivity index (χ1n) is 8.39. The Morgan fingerprint density at radius 3 is 2.63 bits per heavy atom. The number of rotatable bonds is 4. The van der Waals surface area contributed by atoms with Crippen molar-refractivity contribution in [3.63, 3.8) is 0 Å². The predicted molar refractivity (Wildman–Crippen MR) is 99.5 cm³/mol. The molecule has 1 N–H and O–H groups in total. The molecule has 4 aromatic rings. The summed E-state index contributed by atoms with van der Waals surface area (Å²) in [4.78, 5) is 16.7. The minimum absolute atomic E-state index is 0.0147. The van der Waals surface area contributed by atoms with Gasteiger partial charge < -0.3 is 5.32 Å².